The van der Waals surface area contributed by atoms with Crippen LogP contribution in [0.1, 0.15) is 26.2 Å². The normalized spacial score (nSPS) is 23.0. The Hall–Kier alpha value is -1.23. The zero-order valence-corrected chi connectivity index (χ0v) is 12.2. The van der Waals surface area contributed by atoms with Crippen LogP contribution in [0.15, 0.2) is 18.2 Å². The first-order chi connectivity index (χ1) is 9.20. The van der Waals surface area contributed by atoms with E-state index >= 15 is 0 Å². The molecule has 0 aromatic heterocycles. The number of nitrogens with one attached hydrogen (secondary N) is 1. The van der Waals surface area contributed by atoms with Crippen LogP contribution in [0.2, 0.25) is 0 Å². The highest BCUT2D eigenvalue weighted by atomic mass is 32.2. The molecule has 1 saturated heterocycles. The lowest BCUT2D eigenvalue weighted by Crippen LogP contribution is -2.29. The Labute approximate surface area is 117 Å². The van der Waals surface area contributed by atoms with E-state index in [1.54, 1.807) is 0 Å². The third-order valence-corrected chi connectivity index (χ3v) is 4.66. The molecule has 0 unspecified atom stereocenters. The molecule has 19 heavy (non-hydrogen) atoms. The van der Waals surface area contributed by atoms with Crippen LogP contribution < -0.4 is 15.8 Å². The third-order valence-electron chi connectivity index (χ3n) is 3.28. The van der Waals surface area contributed by atoms with Gasteiger partial charge in [-0.2, -0.15) is 0 Å². The van der Waals surface area contributed by atoms with Crippen molar-refractivity contribution in [3.05, 3.63) is 18.2 Å². The van der Waals surface area contributed by atoms with Gasteiger partial charge in [0.1, 0.15) is 5.75 Å². The van der Waals surface area contributed by atoms with Gasteiger partial charge < -0.3 is 15.8 Å². The molecule has 1 aromatic rings. The first-order valence-corrected chi connectivity index (χ1v) is 8.32. The van der Waals surface area contributed by atoms with Gasteiger partial charge >= 0.3 is 0 Å². The van der Waals surface area contributed by atoms with Crippen LogP contribution in [0.25, 0.3) is 0 Å². The number of anilines is 2. The fourth-order valence-corrected chi connectivity index (χ4v) is 3.46. The Balaban J connectivity index is 2.01. The molecule has 0 aliphatic carbocycles. The molecule has 5 heteroatoms. The number of rotatable bonds is 5. The van der Waals surface area contributed by atoms with Gasteiger partial charge in [0.05, 0.1) is 18.0 Å². The summed E-state index contributed by atoms with van der Waals surface area (Å²) in [6.45, 7) is 2.75. The molecule has 3 N–H and O–H groups in total. The van der Waals surface area contributed by atoms with E-state index in [1.165, 1.54) is 0 Å². The molecular weight excluding hydrogens is 260 g/mol. The molecule has 1 aromatic carbocycles. The molecule has 106 valence electrons. The topological polar surface area (TPSA) is 64.3 Å². The van der Waals surface area contributed by atoms with Crippen LogP contribution in [0.3, 0.4) is 0 Å². The van der Waals surface area contributed by atoms with Gasteiger partial charge in [-0.3, -0.25) is 4.21 Å². The second-order valence-electron chi connectivity index (χ2n) is 4.83. The molecule has 0 spiro atoms. The number of para-hydroxylation sites is 1. The van der Waals surface area contributed by atoms with E-state index in [1.807, 2.05) is 18.2 Å². The average Bonchev–Trinajstić information content (AvgIpc) is 2.42. The summed E-state index contributed by atoms with van der Waals surface area (Å²) in [5.74, 6) is 2.30. The lowest BCUT2D eigenvalue weighted by atomic mass is 10.1. The van der Waals surface area contributed by atoms with Crippen LogP contribution in [-0.2, 0) is 10.8 Å². The Morgan fingerprint density at radius 3 is 2.84 bits per heavy atom. The van der Waals surface area contributed by atoms with E-state index in [-0.39, 0.29) is 0 Å². The number of ether oxygens (including phenoxy) is 1. The van der Waals surface area contributed by atoms with E-state index in [2.05, 4.69) is 12.2 Å². The molecule has 4 nitrogen and oxygen atoms in total. The van der Waals surface area contributed by atoms with Gasteiger partial charge in [-0.05, 0) is 31.4 Å². The highest BCUT2D eigenvalue weighted by Gasteiger charge is 2.18. The lowest BCUT2D eigenvalue weighted by Gasteiger charge is -2.24. The average molecular weight is 282 g/mol. The van der Waals surface area contributed by atoms with Crippen LogP contribution in [0.4, 0.5) is 11.4 Å². The van der Waals surface area contributed by atoms with Crippen molar-refractivity contribution in [3.63, 3.8) is 0 Å². The maximum absolute atomic E-state index is 11.3. The Morgan fingerprint density at radius 2 is 2.16 bits per heavy atom. The molecule has 0 saturated carbocycles. The first kappa shape index (κ1) is 14.2. The van der Waals surface area contributed by atoms with Gasteiger partial charge in [0.15, 0.2) is 0 Å². The first-order valence-electron chi connectivity index (χ1n) is 6.83. The Morgan fingerprint density at radius 1 is 1.42 bits per heavy atom. The van der Waals surface area contributed by atoms with Crippen molar-refractivity contribution in [2.45, 2.75) is 32.2 Å². The quantitative estimate of drug-likeness (QED) is 0.814. The zero-order valence-electron chi connectivity index (χ0n) is 11.4. The summed E-state index contributed by atoms with van der Waals surface area (Å²) >= 11 is 0. The fraction of sp³-hybridized carbons (Fsp3) is 0.571. The second-order valence-corrected chi connectivity index (χ2v) is 6.53. The second kappa shape index (κ2) is 6.80. The molecule has 0 atom stereocenters. The van der Waals surface area contributed by atoms with Crippen molar-refractivity contribution in [1.29, 1.82) is 0 Å². The summed E-state index contributed by atoms with van der Waals surface area (Å²) in [6.07, 6.45) is 2.84. The Kier molecular flexibility index (Phi) is 5.07. The van der Waals surface area contributed by atoms with Gasteiger partial charge in [0.25, 0.3) is 0 Å². The Bertz CT molecular complexity index is 441. The molecule has 1 heterocycles. The summed E-state index contributed by atoms with van der Waals surface area (Å²) < 4.78 is 17.0. The van der Waals surface area contributed by atoms with E-state index in [4.69, 9.17) is 10.5 Å². The SMILES string of the molecule is CCCOc1cccc(NC2CCS(=O)CC2)c1N. The summed E-state index contributed by atoms with van der Waals surface area (Å²) in [5, 5.41) is 3.45. The lowest BCUT2D eigenvalue weighted by molar-refractivity contribution is 0.319. The van der Waals surface area contributed by atoms with Crippen LogP contribution in [0.5, 0.6) is 5.75 Å². The van der Waals surface area contributed by atoms with Crippen LogP contribution in [0, 0.1) is 0 Å². The largest absolute Gasteiger partial charge is 0.491 e. The summed E-state index contributed by atoms with van der Waals surface area (Å²) in [7, 11) is -0.629. The van der Waals surface area contributed by atoms with E-state index in [0.29, 0.717) is 18.3 Å². The zero-order chi connectivity index (χ0) is 13.7. The predicted octanol–water partition coefficient (Wildman–Crippen LogP) is 2.38. The standard InChI is InChI=1S/C14H22N2O2S/c1-2-8-18-13-5-3-4-12(14(13)15)16-11-6-9-19(17)10-7-11/h3-5,11,16H,2,6-10,15H2,1H3. The van der Waals surface area contributed by atoms with Crippen molar-refractivity contribution in [3.8, 4) is 5.75 Å². The minimum absolute atomic E-state index is 0.362. The highest BCUT2D eigenvalue weighted by molar-refractivity contribution is 7.85. The molecular formula is C14H22N2O2S. The van der Waals surface area contributed by atoms with E-state index in [9.17, 15) is 4.21 Å². The number of nitrogen functional groups attached to an aromatic ring is 1. The van der Waals surface area contributed by atoms with Crippen molar-refractivity contribution in [1.82, 2.24) is 0 Å². The molecule has 0 bridgehead atoms. The number of hydrogen-bond acceptors (Lipinski definition) is 4. The highest BCUT2D eigenvalue weighted by Crippen LogP contribution is 2.31. The summed E-state index contributed by atoms with van der Waals surface area (Å²) in [5.41, 5.74) is 7.71. The van der Waals surface area contributed by atoms with Gasteiger partial charge in [0.2, 0.25) is 0 Å². The van der Waals surface area contributed by atoms with Crippen molar-refractivity contribution in [2.24, 2.45) is 0 Å². The molecule has 1 aliphatic rings. The maximum Gasteiger partial charge on any atom is 0.144 e. The van der Waals surface area contributed by atoms with E-state index < -0.39 is 10.8 Å². The summed E-state index contributed by atoms with van der Waals surface area (Å²) in [6, 6.07) is 6.18. The van der Waals surface area contributed by atoms with Crippen LogP contribution in [-0.4, -0.2) is 28.4 Å². The van der Waals surface area contributed by atoms with Gasteiger partial charge in [-0.25, -0.2) is 0 Å². The van der Waals surface area contributed by atoms with Crippen LogP contribution >= 0.6 is 0 Å². The van der Waals surface area contributed by atoms with Crippen molar-refractivity contribution in [2.75, 3.05) is 29.2 Å². The third kappa shape index (κ3) is 3.86. The van der Waals surface area contributed by atoms with Crippen molar-refractivity contribution < 1.29 is 8.95 Å². The molecule has 2 rings (SSSR count). The number of benzene rings is 1. The van der Waals surface area contributed by atoms with Gasteiger partial charge in [-0.1, -0.05) is 13.0 Å². The summed E-state index contributed by atoms with van der Waals surface area (Å²) in [4.78, 5) is 0. The van der Waals surface area contributed by atoms with Gasteiger partial charge in [-0.15, -0.1) is 0 Å². The van der Waals surface area contributed by atoms with E-state index in [0.717, 1.165) is 42.2 Å². The predicted molar refractivity (Wildman–Crippen MR) is 81.2 cm³/mol. The van der Waals surface area contributed by atoms with Crippen molar-refractivity contribution >= 4 is 22.2 Å². The minimum Gasteiger partial charge on any atom is -0.491 e. The van der Waals surface area contributed by atoms with Gasteiger partial charge in [0, 0.05) is 28.3 Å². The smallest absolute Gasteiger partial charge is 0.144 e. The fourth-order valence-electron chi connectivity index (χ4n) is 2.17. The maximum atomic E-state index is 11.3. The molecule has 0 amide bonds. The molecule has 1 aliphatic heterocycles. The number of nitrogens with two attached hydrogens (primary N) is 1. The molecule has 1 fully saturated rings. The monoisotopic (exact) mass is 282 g/mol. The minimum atomic E-state index is -0.629. The number of hydrogen-bond donors (Lipinski definition) is 2. The molecule has 0 radical (unpaired) electrons.